The fourth-order valence-electron chi connectivity index (χ4n) is 3.11. The summed E-state index contributed by atoms with van der Waals surface area (Å²) in [5.41, 5.74) is -0.549. The van der Waals surface area contributed by atoms with E-state index in [4.69, 9.17) is 16.3 Å². The first-order valence-electron chi connectivity index (χ1n) is 8.66. The van der Waals surface area contributed by atoms with E-state index in [1.165, 1.54) is 23.0 Å². The first kappa shape index (κ1) is 21.0. The zero-order valence-electron chi connectivity index (χ0n) is 15.1. The topological polar surface area (TPSA) is 107 Å². The van der Waals surface area contributed by atoms with Crippen molar-refractivity contribution in [3.63, 3.8) is 0 Å². The van der Waals surface area contributed by atoms with Gasteiger partial charge in [0.05, 0.1) is 11.1 Å². The number of pyridine rings is 1. The van der Waals surface area contributed by atoms with Gasteiger partial charge in [0.2, 0.25) is 5.91 Å². The van der Waals surface area contributed by atoms with Gasteiger partial charge in [-0.15, -0.1) is 0 Å². The highest BCUT2D eigenvalue weighted by Gasteiger charge is 2.28. The second-order valence-corrected chi connectivity index (χ2v) is 10.3. The van der Waals surface area contributed by atoms with Gasteiger partial charge in [0.1, 0.15) is 10.4 Å². The van der Waals surface area contributed by atoms with Gasteiger partial charge in [0.25, 0.3) is 5.56 Å². The lowest BCUT2D eigenvalue weighted by atomic mass is 9.92. The number of carbonyl (C=O) groups is 1. The lowest BCUT2D eigenvalue weighted by Crippen LogP contribution is -2.35. The van der Waals surface area contributed by atoms with Crippen LogP contribution in [0.25, 0.3) is 0 Å². The molecule has 0 aromatic carbocycles. The molecule has 8 nitrogen and oxygen atoms in total. The molecule has 1 saturated heterocycles. The van der Waals surface area contributed by atoms with Crippen LogP contribution in [0.15, 0.2) is 34.2 Å². The lowest BCUT2D eigenvalue weighted by molar-refractivity contribution is -0.120. The Balaban J connectivity index is 1.90. The van der Waals surface area contributed by atoms with Crippen LogP contribution in [0.4, 0.5) is 5.13 Å². The highest BCUT2D eigenvalue weighted by Crippen LogP contribution is 2.28. The Morgan fingerprint density at radius 1 is 1.46 bits per heavy atom. The van der Waals surface area contributed by atoms with Crippen LogP contribution in [0.1, 0.15) is 25.3 Å². The quantitative estimate of drug-likeness (QED) is 0.731. The van der Waals surface area contributed by atoms with Gasteiger partial charge in [-0.1, -0.05) is 22.9 Å². The average Bonchev–Trinajstić information content (AvgIpc) is 3.04. The molecular formula is C17H20ClN3O5S2. The molecule has 2 aromatic rings. The fourth-order valence-corrected chi connectivity index (χ4v) is 4.54. The molecule has 0 unspecified atom stereocenters. The number of amides is 1. The van der Waals surface area contributed by atoms with Crippen LogP contribution in [-0.4, -0.2) is 43.3 Å². The third-order valence-electron chi connectivity index (χ3n) is 4.59. The van der Waals surface area contributed by atoms with Crippen molar-refractivity contribution >= 4 is 43.8 Å². The second-order valence-electron chi connectivity index (χ2n) is 6.65. The van der Waals surface area contributed by atoms with Gasteiger partial charge < -0.3 is 14.6 Å². The summed E-state index contributed by atoms with van der Waals surface area (Å²) in [7, 11) is -3.51. The number of aromatic nitrogens is 2. The zero-order valence-corrected chi connectivity index (χ0v) is 17.5. The van der Waals surface area contributed by atoms with Crippen molar-refractivity contribution in [3.05, 3.63) is 39.2 Å². The summed E-state index contributed by atoms with van der Waals surface area (Å²) in [6.07, 6.45) is 5.85. The molecule has 0 aliphatic carbocycles. The normalized spacial score (nSPS) is 16.6. The van der Waals surface area contributed by atoms with Crippen LogP contribution in [0.3, 0.4) is 0 Å². The maximum Gasteiger partial charge on any atom is 0.252 e. The summed E-state index contributed by atoms with van der Waals surface area (Å²) in [6, 6.07) is 1.58. The van der Waals surface area contributed by atoms with Gasteiger partial charge in [-0.25, -0.2) is 13.4 Å². The largest absolute Gasteiger partial charge is 0.381 e. The monoisotopic (exact) mass is 445 g/mol. The number of thiazole rings is 1. The van der Waals surface area contributed by atoms with Crippen LogP contribution in [-0.2, 0) is 19.4 Å². The summed E-state index contributed by atoms with van der Waals surface area (Å²) in [5.74, 6) is -0.183. The van der Waals surface area contributed by atoms with Crippen molar-refractivity contribution in [2.75, 3.05) is 24.8 Å². The SMILES string of the molecule is CS(=O)(=O)c1ccn([C@@H](CC2CCOCC2)C(=O)Nc2ncc(Cl)s2)c(=O)c1. The highest BCUT2D eigenvalue weighted by molar-refractivity contribution is 7.90. The van der Waals surface area contributed by atoms with Gasteiger partial charge >= 0.3 is 0 Å². The van der Waals surface area contributed by atoms with E-state index in [0.717, 1.165) is 36.5 Å². The number of anilines is 1. The maximum atomic E-state index is 12.9. The molecular weight excluding hydrogens is 426 g/mol. The molecule has 1 amide bonds. The third kappa shape index (κ3) is 5.19. The minimum Gasteiger partial charge on any atom is -0.381 e. The predicted molar refractivity (Wildman–Crippen MR) is 107 cm³/mol. The number of ether oxygens (including phenoxy) is 1. The molecule has 3 rings (SSSR count). The van der Waals surface area contributed by atoms with E-state index >= 15 is 0 Å². The summed E-state index contributed by atoms with van der Waals surface area (Å²) in [5, 5.41) is 3.04. The first-order chi connectivity index (χ1) is 13.2. The first-order valence-corrected chi connectivity index (χ1v) is 11.7. The molecule has 0 bridgehead atoms. The number of sulfone groups is 1. The smallest absolute Gasteiger partial charge is 0.252 e. The number of nitrogens with one attached hydrogen (secondary N) is 1. The summed E-state index contributed by atoms with van der Waals surface area (Å²) >= 11 is 6.98. The molecule has 1 aliphatic rings. The van der Waals surface area contributed by atoms with Gasteiger partial charge in [-0.05, 0) is 31.2 Å². The summed E-state index contributed by atoms with van der Waals surface area (Å²) in [6.45, 7) is 1.23. The van der Waals surface area contributed by atoms with E-state index < -0.39 is 27.3 Å². The molecule has 1 fully saturated rings. The Hall–Kier alpha value is -1.75. The lowest BCUT2D eigenvalue weighted by Gasteiger charge is -2.27. The molecule has 0 spiro atoms. The van der Waals surface area contributed by atoms with E-state index in [1.54, 1.807) is 0 Å². The molecule has 1 N–H and O–H groups in total. The number of nitrogens with zero attached hydrogens (tertiary/aromatic N) is 2. The number of halogens is 1. The second kappa shape index (κ2) is 8.73. The summed E-state index contributed by atoms with van der Waals surface area (Å²) < 4.78 is 30.5. The van der Waals surface area contributed by atoms with Crippen LogP contribution < -0.4 is 10.9 Å². The highest BCUT2D eigenvalue weighted by atomic mass is 35.5. The van der Waals surface area contributed by atoms with Crippen LogP contribution in [0, 0.1) is 5.92 Å². The summed E-state index contributed by atoms with van der Waals surface area (Å²) in [4.78, 5) is 29.5. The molecule has 0 radical (unpaired) electrons. The van der Waals surface area contributed by atoms with Crippen molar-refractivity contribution in [1.82, 2.24) is 9.55 Å². The van der Waals surface area contributed by atoms with Crippen LogP contribution in [0.2, 0.25) is 4.34 Å². The van der Waals surface area contributed by atoms with Crippen molar-refractivity contribution in [2.45, 2.75) is 30.2 Å². The minimum absolute atomic E-state index is 0.0781. The molecule has 0 saturated carbocycles. The molecule has 152 valence electrons. The number of rotatable bonds is 6. The number of carbonyl (C=O) groups excluding carboxylic acids is 1. The third-order valence-corrected chi connectivity index (χ3v) is 6.73. The van der Waals surface area contributed by atoms with Crippen molar-refractivity contribution in [3.8, 4) is 0 Å². The van der Waals surface area contributed by atoms with E-state index in [1.807, 2.05) is 0 Å². The van der Waals surface area contributed by atoms with Crippen molar-refractivity contribution in [2.24, 2.45) is 5.92 Å². The molecule has 28 heavy (non-hydrogen) atoms. The van der Waals surface area contributed by atoms with Gasteiger partial charge in [-0.3, -0.25) is 9.59 Å². The number of hydrogen-bond donors (Lipinski definition) is 1. The minimum atomic E-state index is -3.51. The fraction of sp³-hybridized carbons (Fsp3) is 0.471. The Bertz CT molecular complexity index is 1010. The molecule has 1 aliphatic heterocycles. The van der Waals surface area contributed by atoms with E-state index in [2.05, 4.69) is 10.3 Å². The Morgan fingerprint density at radius 3 is 2.75 bits per heavy atom. The zero-order chi connectivity index (χ0) is 20.3. The standard InChI is InChI=1S/C17H20ClN3O5S2/c1-28(24,25)12-2-5-21(15(22)9-12)13(8-11-3-6-26-7-4-11)16(23)20-17-19-10-14(18)27-17/h2,5,9-11,13H,3-4,6-8H2,1H3,(H,19,20,23)/t13-/m0/s1. The molecule has 2 aromatic heterocycles. The molecule has 11 heteroatoms. The Morgan fingerprint density at radius 2 is 2.18 bits per heavy atom. The van der Waals surface area contributed by atoms with Crippen LogP contribution >= 0.6 is 22.9 Å². The van der Waals surface area contributed by atoms with Gasteiger partial charge in [0.15, 0.2) is 15.0 Å². The van der Waals surface area contributed by atoms with E-state index in [9.17, 15) is 18.0 Å². The van der Waals surface area contributed by atoms with Gasteiger partial charge in [-0.2, -0.15) is 0 Å². The van der Waals surface area contributed by atoms with E-state index in [0.29, 0.717) is 29.1 Å². The van der Waals surface area contributed by atoms with E-state index in [-0.39, 0.29) is 10.8 Å². The predicted octanol–water partition coefficient (Wildman–Crippen LogP) is 2.36. The molecule has 3 heterocycles. The van der Waals surface area contributed by atoms with Crippen LogP contribution in [0.5, 0.6) is 0 Å². The number of hydrogen-bond acceptors (Lipinski definition) is 7. The average molecular weight is 446 g/mol. The Kier molecular flexibility index (Phi) is 6.54. The Labute approximate surface area is 171 Å². The van der Waals surface area contributed by atoms with Crippen molar-refractivity contribution in [1.29, 1.82) is 0 Å². The van der Waals surface area contributed by atoms with Crippen molar-refractivity contribution < 1.29 is 17.9 Å². The maximum absolute atomic E-state index is 12.9. The molecule has 1 atom stereocenters. The van der Waals surface area contributed by atoms with Gasteiger partial charge in [0, 0.05) is 31.7 Å².